The Kier molecular flexibility index (Phi) is 6.05. The minimum atomic E-state index is -1.79. The van der Waals surface area contributed by atoms with E-state index in [1.165, 1.54) is 64.7 Å². The predicted molar refractivity (Wildman–Crippen MR) is 116 cm³/mol. The first-order valence-electron chi connectivity index (χ1n) is 10.1. The summed E-state index contributed by atoms with van der Waals surface area (Å²) in [5, 5.41) is 3.30. The zero-order valence-electron chi connectivity index (χ0n) is 16.6. The molecule has 6 rings (SSSR count). The van der Waals surface area contributed by atoms with Gasteiger partial charge in [-0.2, -0.15) is 0 Å². The second-order valence-corrected chi connectivity index (χ2v) is 15.3. The van der Waals surface area contributed by atoms with Gasteiger partial charge in [0.05, 0.1) is 0 Å². The van der Waals surface area contributed by atoms with Crippen LogP contribution in [0.4, 0.5) is 0 Å². The summed E-state index contributed by atoms with van der Waals surface area (Å²) in [6.45, 7) is 2.28. The van der Waals surface area contributed by atoms with Crippen LogP contribution < -0.4 is 24.8 Å². The molecule has 0 aromatic heterocycles. The molecular formula is C25H20Cl3HfSi. The number of allylic oxidation sites excluding steroid dienone is 1. The molecule has 2 unspecified atom stereocenters. The summed E-state index contributed by atoms with van der Waals surface area (Å²) >= 11 is 8.47. The van der Waals surface area contributed by atoms with Crippen LogP contribution in [0.5, 0.6) is 0 Å². The molecule has 0 N–H and O–H groups in total. The number of fused-ring (bicyclic) bond motifs is 5. The number of hydrogen-bond acceptors (Lipinski definition) is 0. The molecule has 0 amide bonds. The van der Waals surface area contributed by atoms with Crippen molar-refractivity contribution in [1.82, 2.24) is 0 Å². The molecule has 2 atom stereocenters. The standard InChI is InChI=1S/C25H20ClSi.2ClH.Hf/c1-2-14-27(26)22-15-16-8-7-13-21(23(16)25(22)27)24-19-11-5-3-9-17(19)18-10-4-6-12-20(18)24;;;/h3-13,15,24H,2,14H2,1H3;2*1H;/q;;;+2/p-2. The molecule has 0 radical (unpaired) electrons. The van der Waals surface area contributed by atoms with Gasteiger partial charge in [-0.15, -0.1) is 0 Å². The van der Waals surface area contributed by atoms with E-state index in [4.69, 9.17) is 11.1 Å². The second-order valence-electron chi connectivity index (χ2n) is 8.19. The topological polar surface area (TPSA) is 0 Å². The molecule has 5 heteroatoms. The van der Waals surface area contributed by atoms with Crippen molar-refractivity contribution in [2.75, 3.05) is 0 Å². The van der Waals surface area contributed by atoms with Crippen LogP contribution in [0.15, 0.2) is 71.9 Å². The Labute approximate surface area is 211 Å². The van der Waals surface area contributed by atoms with Gasteiger partial charge in [0.15, 0.2) is 0 Å². The smallest absolute Gasteiger partial charge is 1.00 e. The van der Waals surface area contributed by atoms with Crippen molar-refractivity contribution in [1.29, 1.82) is 0 Å². The summed E-state index contributed by atoms with van der Waals surface area (Å²) in [7, 11) is -1.79. The monoisotopic (exact) mass is 633 g/mol. The average Bonchev–Trinajstić information content (AvgIpc) is 3.02. The maximum absolute atomic E-state index is 7.30. The Morgan fingerprint density at radius 1 is 0.800 bits per heavy atom. The quantitative estimate of drug-likeness (QED) is 0.233. The summed E-state index contributed by atoms with van der Waals surface area (Å²) in [5.41, 5.74) is 10.3. The van der Waals surface area contributed by atoms with Crippen molar-refractivity contribution in [3.8, 4) is 11.1 Å². The number of benzene rings is 3. The van der Waals surface area contributed by atoms with Crippen LogP contribution in [0, 0.1) is 0 Å². The van der Waals surface area contributed by atoms with E-state index in [0.717, 1.165) is 0 Å². The van der Waals surface area contributed by atoms with Crippen LogP contribution in [0.3, 0.4) is 0 Å². The summed E-state index contributed by atoms with van der Waals surface area (Å²) < 4.78 is 0.646. The number of halogens is 3. The van der Waals surface area contributed by atoms with Crippen LogP contribution >= 0.6 is 11.1 Å². The molecular weight excluding hydrogens is 613 g/mol. The predicted octanol–water partition coefficient (Wildman–Crippen LogP) is 0.897. The van der Waals surface area contributed by atoms with Gasteiger partial charge in [0.2, 0.25) is 0 Å². The Balaban J connectivity index is 0.00000109. The van der Waals surface area contributed by atoms with Crippen LogP contribution in [0.25, 0.3) is 16.3 Å². The normalized spacial score (nSPS) is 22.5. The first-order valence-corrected chi connectivity index (χ1v) is 15.4. The molecule has 3 aliphatic rings. The third kappa shape index (κ3) is 2.87. The molecule has 0 fully saturated rings. The molecule has 1 heterocycles. The van der Waals surface area contributed by atoms with E-state index in [1.807, 2.05) is 0 Å². The van der Waals surface area contributed by atoms with Crippen LogP contribution in [0.1, 0.15) is 50.8 Å². The molecule has 0 nitrogen and oxygen atoms in total. The van der Waals surface area contributed by atoms with Crippen LogP contribution in [-0.4, -0.2) is 7.38 Å². The first-order chi connectivity index (χ1) is 13.7. The van der Waals surface area contributed by atoms with E-state index in [-0.39, 0.29) is 24.8 Å². The molecule has 0 bridgehead atoms. The van der Waals surface area contributed by atoms with Gasteiger partial charge >= 0.3 is 188 Å². The minimum absolute atomic E-state index is 0. The van der Waals surface area contributed by atoms with Gasteiger partial charge in [0.25, 0.3) is 0 Å². The Morgan fingerprint density at radius 2 is 1.33 bits per heavy atom. The fraction of sp³-hybridized carbons (Fsp3) is 0.200. The molecule has 0 saturated carbocycles. The molecule has 0 saturated heterocycles. The molecule has 2 aliphatic carbocycles. The summed E-state index contributed by atoms with van der Waals surface area (Å²) in [6, 6.07) is 26.2. The third-order valence-corrected chi connectivity index (χ3v) is 15.3. The second kappa shape index (κ2) is 8.05. The Hall–Kier alpha value is -0.643. The summed E-state index contributed by atoms with van der Waals surface area (Å²) in [4.78, 5) is 0. The molecule has 0 spiro atoms. The number of hydrogen-bond donors (Lipinski definition) is 0. The molecule has 3 aromatic rings. The van der Waals surface area contributed by atoms with Gasteiger partial charge < -0.3 is 24.8 Å². The van der Waals surface area contributed by atoms with E-state index >= 15 is 0 Å². The van der Waals surface area contributed by atoms with E-state index < -0.39 is 7.38 Å². The fourth-order valence-electron chi connectivity index (χ4n) is 5.63. The molecule has 1 aliphatic heterocycles. The van der Waals surface area contributed by atoms with Crippen molar-refractivity contribution < 1.29 is 49.2 Å². The van der Waals surface area contributed by atoms with E-state index in [9.17, 15) is 0 Å². The minimum Gasteiger partial charge on any atom is -1.00 e. The van der Waals surface area contributed by atoms with Crippen molar-refractivity contribution in [3.63, 3.8) is 0 Å². The molecule has 3 aromatic carbocycles. The zero-order chi connectivity index (χ0) is 19.0. The van der Waals surface area contributed by atoms with Gasteiger partial charge in [-0.25, -0.2) is 0 Å². The van der Waals surface area contributed by atoms with Gasteiger partial charge in [-0.3, -0.25) is 0 Å². The van der Waals surface area contributed by atoms with Crippen molar-refractivity contribution >= 4 is 23.7 Å². The van der Waals surface area contributed by atoms with Crippen LogP contribution in [-0.2, 0) is 24.4 Å². The maximum Gasteiger partial charge on any atom is -1.00 e. The van der Waals surface area contributed by atoms with Gasteiger partial charge in [-0.1, -0.05) is 0 Å². The summed E-state index contributed by atoms with van der Waals surface area (Å²) in [5.74, 6) is 0.334. The van der Waals surface area contributed by atoms with Gasteiger partial charge in [0, 0.05) is 0 Å². The Bertz CT molecular complexity index is 1140. The van der Waals surface area contributed by atoms with Crippen LogP contribution in [0.2, 0.25) is 6.04 Å². The van der Waals surface area contributed by atoms with Gasteiger partial charge in [0.1, 0.15) is 0 Å². The zero-order valence-corrected chi connectivity index (χ0v) is 23.4. The van der Waals surface area contributed by atoms with E-state index in [0.29, 0.717) is 9.59 Å². The summed E-state index contributed by atoms with van der Waals surface area (Å²) in [6.07, 6.45) is 1.20. The third-order valence-electron chi connectivity index (χ3n) is 6.75. The largest absolute Gasteiger partial charge is 1.00 e. The SMILES string of the molecule is CCC[Si]1(Cl)C2=C1[CH]([Hf+2])c1cccc(C3c4ccccc4-c4ccccc43)c12.[Cl-].[Cl-]. The fourth-order valence-corrected chi connectivity index (χ4v) is 16.9. The molecule has 149 valence electrons. The van der Waals surface area contributed by atoms with E-state index in [1.54, 1.807) is 21.5 Å². The molecule has 30 heavy (non-hydrogen) atoms. The maximum atomic E-state index is 7.30. The Morgan fingerprint density at radius 3 is 1.93 bits per heavy atom. The number of rotatable bonds is 3. The van der Waals surface area contributed by atoms with Crippen molar-refractivity contribution in [2.45, 2.75) is 29.0 Å². The van der Waals surface area contributed by atoms with E-state index in [2.05, 4.69) is 73.7 Å². The van der Waals surface area contributed by atoms with Gasteiger partial charge in [-0.05, 0) is 0 Å². The van der Waals surface area contributed by atoms with Crippen molar-refractivity contribution in [3.05, 3.63) is 99.7 Å². The van der Waals surface area contributed by atoms with Crippen molar-refractivity contribution in [2.24, 2.45) is 0 Å². The average molecular weight is 633 g/mol. The first kappa shape index (κ1) is 22.5.